The number of anilines is 1. The van der Waals surface area contributed by atoms with Crippen LogP contribution in [0.2, 0.25) is 0 Å². The number of nitrogens with zero attached hydrogens (tertiary/aromatic N) is 2. The molecule has 4 aromatic rings. The number of aromatic nitrogens is 2. The number of ether oxygens (including phenoxy) is 3. The minimum absolute atomic E-state index is 0.0231. The Kier molecular flexibility index (Phi) is 4.97. The quantitative estimate of drug-likeness (QED) is 0.449. The SMILES string of the molecule is COc1cc(NS(=O)(=O)c2ccc3oc(=O)c4ncn(C)c4c3c2)cc(OC)c1OC. The molecule has 10 nitrogen and oxygen atoms in total. The van der Waals surface area contributed by atoms with Gasteiger partial charge in [-0.2, -0.15) is 0 Å². The Labute approximate surface area is 177 Å². The molecule has 11 heteroatoms. The van der Waals surface area contributed by atoms with Crippen LogP contribution in [0, 0.1) is 0 Å². The molecule has 0 fully saturated rings. The van der Waals surface area contributed by atoms with Crippen molar-refractivity contribution < 1.29 is 27.0 Å². The van der Waals surface area contributed by atoms with Crippen LogP contribution in [0.25, 0.3) is 22.0 Å². The first-order valence-corrected chi connectivity index (χ1v) is 10.5. The first-order chi connectivity index (χ1) is 14.8. The Bertz CT molecular complexity index is 1450. The van der Waals surface area contributed by atoms with Gasteiger partial charge in [-0.1, -0.05) is 0 Å². The minimum atomic E-state index is -4.00. The molecule has 2 aromatic carbocycles. The standard InChI is InChI=1S/C20H19N3O7S/c1-23-10-21-17-18(23)13-9-12(5-6-14(13)30-20(17)24)31(25,26)22-11-7-15(27-2)19(29-4)16(8-11)28-3/h5-10,22H,1-4H3. The summed E-state index contributed by atoms with van der Waals surface area (Å²) >= 11 is 0. The van der Waals surface area contributed by atoms with E-state index in [1.54, 1.807) is 11.6 Å². The van der Waals surface area contributed by atoms with Crippen molar-refractivity contribution in [3.63, 3.8) is 0 Å². The molecule has 0 radical (unpaired) electrons. The second-order valence-electron chi connectivity index (χ2n) is 6.62. The van der Waals surface area contributed by atoms with Crippen molar-refractivity contribution in [2.24, 2.45) is 7.05 Å². The molecule has 4 rings (SSSR count). The number of hydrogen-bond donors (Lipinski definition) is 1. The van der Waals surface area contributed by atoms with Gasteiger partial charge >= 0.3 is 5.63 Å². The third-order valence-electron chi connectivity index (χ3n) is 4.77. The Morgan fingerprint density at radius 1 is 1.03 bits per heavy atom. The highest BCUT2D eigenvalue weighted by atomic mass is 32.2. The largest absolute Gasteiger partial charge is 0.493 e. The third kappa shape index (κ3) is 3.42. The van der Waals surface area contributed by atoms with Crippen molar-refractivity contribution in [1.82, 2.24) is 9.55 Å². The van der Waals surface area contributed by atoms with Crippen molar-refractivity contribution in [1.29, 1.82) is 0 Å². The maximum absolute atomic E-state index is 13.1. The van der Waals surface area contributed by atoms with Gasteiger partial charge in [0, 0.05) is 24.6 Å². The number of hydrogen-bond acceptors (Lipinski definition) is 8. The van der Waals surface area contributed by atoms with Crippen molar-refractivity contribution in [3.8, 4) is 17.2 Å². The van der Waals surface area contributed by atoms with Crippen LogP contribution in [0.4, 0.5) is 5.69 Å². The maximum Gasteiger partial charge on any atom is 0.364 e. The van der Waals surface area contributed by atoms with Crippen molar-refractivity contribution in [2.75, 3.05) is 26.1 Å². The van der Waals surface area contributed by atoms with Crippen molar-refractivity contribution >= 4 is 37.7 Å². The molecule has 0 aliphatic rings. The predicted molar refractivity (Wildman–Crippen MR) is 114 cm³/mol. The van der Waals surface area contributed by atoms with Crippen LogP contribution in [0.5, 0.6) is 17.2 Å². The fraction of sp³-hybridized carbons (Fsp3) is 0.200. The lowest BCUT2D eigenvalue weighted by Gasteiger charge is -2.15. The predicted octanol–water partition coefficient (Wildman–Crippen LogP) is 2.51. The topological polar surface area (TPSA) is 122 Å². The second-order valence-corrected chi connectivity index (χ2v) is 8.30. The molecule has 0 amide bonds. The van der Waals surface area contributed by atoms with Gasteiger partial charge in [0.05, 0.1) is 43.8 Å². The number of aryl methyl sites for hydroxylation is 1. The second kappa shape index (κ2) is 7.51. The van der Waals surface area contributed by atoms with Gasteiger partial charge in [-0.05, 0) is 18.2 Å². The highest BCUT2D eigenvalue weighted by Gasteiger charge is 2.21. The number of imidazole rings is 1. The molecule has 31 heavy (non-hydrogen) atoms. The average molecular weight is 445 g/mol. The van der Waals surface area contributed by atoms with Crippen molar-refractivity contribution in [2.45, 2.75) is 4.90 Å². The molecule has 1 N–H and O–H groups in total. The third-order valence-corrected chi connectivity index (χ3v) is 6.15. The lowest BCUT2D eigenvalue weighted by molar-refractivity contribution is 0.325. The summed E-state index contributed by atoms with van der Waals surface area (Å²) in [6.45, 7) is 0. The highest BCUT2D eigenvalue weighted by Crippen LogP contribution is 2.40. The van der Waals surface area contributed by atoms with E-state index in [0.717, 1.165) is 0 Å². The molecule has 0 aliphatic heterocycles. The van der Waals surface area contributed by atoms with E-state index in [4.69, 9.17) is 18.6 Å². The molecule has 0 unspecified atom stereocenters. The van der Waals surface area contributed by atoms with E-state index >= 15 is 0 Å². The monoisotopic (exact) mass is 445 g/mol. The first-order valence-electron chi connectivity index (χ1n) is 8.99. The van der Waals surface area contributed by atoms with Gasteiger partial charge in [-0.15, -0.1) is 0 Å². The molecule has 2 aromatic heterocycles. The maximum atomic E-state index is 13.1. The lowest BCUT2D eigenvalue weighted by atomic mass is 10.2. The molecular formula is C20H19N3O7S. The number of sulfonamides is 1. The van der Waals surface area contributed by atoms with Crippen LogP contribution in [-0.2, 0) is 17.1 Å². The van der Waals surface area contributed by atoms with Gasteiger partial charge in [0.15, 0.2) is 17.0 Å². The molecular weight excluding hydrogens is 426 g/mol. The van der Waals surface area contributed by atoms with E-state index in [1.807, 2.05) is 0 Å². The number of fused-ring (bicyclic) bond motifs is 3. The molecule has 0 atom stereocenters. The fourth-order valence-corrected chi connectivity index (χ4v) is 4.42. The van der Waals surface area contributed by atoms with Crippen LogP contribution in [0.1, 0.15) is 0 Å². The van der Waals surface area contributed by atoms with Crippen LogP contribution in [0.3, 0.4) is 0 Å². The summed E-state index contributed by atoms with van der Waals surface area (Å²) in [5.41, 5.74) is 0.500. The molecule has 0 aliphatic carbocycles. The number of rotatable bonds is 6. The summed E-state index contributed by atoms with van der Waals surface area (Å²) < 4.78 is 51.4. The summed E-state index contributed by atoms with van der Waals surface area (Å²) in [7, 11) is 2.04. The number of benzene rings is 2. The zero-order valence-electron chi connectivity index (χ0n) is 17.1. The zero-order chi connectivity index (χ0) is 22.3. The van der Waals surface area contributed by atoms with Crippen molar-refractivity contribution in [3.05, 3.63) is 47.1 Å². The Balaban J connectivity index is 1.83. The summed E-state index contributed by atoms with van der Waals surface area (Å²) in [5, 5.41) is 0.447. The lowest BCUT2D eigenvalue weighted by Crippen LogP contribution is -2.13. The van der Waals surface area contributed by atoms with Crippen LogP contribution < -0.4 is 24.6 Å². The van der Waals surface area contributed by atoms with Crippen LogP contribution in [0.15, 0.2) is 50.8 Å². The normalized spacial score (nSPS) is 11.6. The van der Waals surface area contributed by atoms with E-state index in [1.165, 1.54) is 58.0 Å². The molecule has 0 saturated heterocycles. The summed E-state index contributed by atoms with van der Waals surface area (Å²) in [5.74, 6) is 0.945. The van der Waals surface area contributed by atoms with E-state index in [0.29, 0.717) is 28.2 Å². The zero-order valence-corrected chi connectivity index (χ0v) is 17.9. The number of nitrogens with one attached hydrogen (secondary N) is 1. The van der Waals surface area contributed by atoms with Crippen LogP contribution >= 0.6 is 0 Å². The van der Waals surface area contributed by atoms with E-state index < -0.39 is 15.6 Å². The van der Waals surface area contributed by atoms with Gasteiger partial charge in [-0.25, -0.2) is 18.2 Å². The van der Waals surface area contributed by atoms with Gasteiger partial charge in [0.25, 0.3) is 10.0 Å². The molecule has 162 valence electrons. The Morgan fingerprint density at radius 2 is 1.71 bits per heavy atom. The first kappa shape index (κ1) is 20.5. The Hall–Kier alpha value is -3.73. The Morgan fingerprint density at radius 3 is 2.32 bits per heavy atom. The van der Waals surface area contributed by atoms with Gasteiger partial charge in [0.2, 0.25) is 5.75 Å². The van der Waals surface area contributed by atoms with Gasteiger partial charge in [0.1, 0.15) is 5.58 Å². The number of methoxy groups -OCH3 is 3. The smallest absolute Gasteiger partial charge is 0.364 e. The summed E-state index contributed by atoms with van der Waals surface area (Å²) in [4.78, 5) is 16.1. The van der Waals surface area contributed by atoms with Gasteiger partial charge in [-0.3, -0.25) is 4.72 Å². The molecule has 0 spiro atoms. The fourth-order valence-electron chi connectivity index (χ4n) is 3.35. The molecule has 0 saturated carbocycles. The van der Waals surface area contributed by atoms with E-state index in [-0.39, 0.29) is 21.7 Å². The van der Waals surface area contributed by atoms with E-state index in [9.17, 15) is 13.2 Å². The van der Waals surface area contributed by atoms with Crippen LogP contribution in [-0.4, -0.2) is 39.3 Å². The van der Waals surface area contributed by atoms with Gasteiger partial charge < -0.3 is 23.2 Å². The average Bonchev–Trinajstić information content (AvgIpc) is 3.15. The summed E-state index contributed by atoms with van der Waals surface area (Å²) in [6.07, 6.45) is 1.47. The molecule has 2 heterocycles. The minimum Gasteiger partial charge on any atom is -0.493 e. The van der Waals surface area contributed by atoms with E-state index in [2.05, 4.69) is 9.71 Å². The molecule has 0 bridgehead atoms. The summed E-state index contributed by atoms with van der Waals surface area (Å²) in [6, 6.07) is 7.19. The highest BCUT2D eigenvalue weighted by molar-refractivity contribution is 7.92.